The van der Waals surface area contributed by atoms with Crippen molar-refractivity contribution in [3.8, 4) is 0 Å². The Bertz CT molecular complexity index is 702. The van der Waals surface area contributed by atoms with Gasteiger partial charge in [-0.2, -0.15) is 12.6 Å². The Balaban J connectivity index is 1.94. The summed E-state index contributed by atoms with van der Waals surface area (Å²) in [6, 6.07) is 19.2. The van der Waals surface area contributed by atoms with Crippen LogP contribution in [0.3, 0.4) is 0 Å². The van der Waals surface area contributed by atoms with Gasteiger partial charge in [-0.15, -0.1) is 0 Å². The van der Waals surface area contributed by atoms with E-state index in [-0.39, 0.29) is 5.91 Å². The van der Waals surface area contributed by atoms with E-state index in [4.69, 9.17) is 0 Å². The van der Waals surface area contributed by atoms with Crippen LogP contribution in [-0.4, -0.2) is 22.5 Å². The number of amides is 1. The van der Waals surface area contributed by atoms with Crippen molar-refractivity contribution in [1.29, 1.82) is 0 Å². The molecular formula is C17H17N3OS. The van der Waals surface area contributed by atoms with Crippen LogP contribution in [-0.2, 0) is 10.3 Å². The zero-order valence-electron chi connectivity index (χ0n) is 12.2. The lowest BCUT2D eigenvalue weighted by Gasteiger charge is -2.24. The van der Waals surface area contributed by atoms with Gasteiger partial charge in [-0.25, -0.2) is 10.0 Å². The first-order valence-electron chi connectivity index (χ1n) is 7.06. The normalized spacial score (nSPS) is 20.9. The lowest BCUT2D eigenvalue weighted by molar-refractivity contribution is -0.130. The number of hydrogen-bond donors (Lipinski definition) is 2. The maximum absolute atomic E-state index is 12.9. The zero-order valence-corrected chi connectivity index (χ0v) is 13.1. The van der Waals surface area contributed by atoms with E-state index in [1.807, 2.05) is 67.6 Å². The second kappa shape index (κ2) is 5.85. The molecule has 2 aromatic rings. The third-order valence-corrected chi connectivity index (χ3v) is 4.01. The quantitative estimate of drug-likeness (QED) is 0.852. The molecule has 4 nitrogen and oxygen atoms in total. The molecule has 0 saturated carbocycles. The molecule has 0 aliphatic carbocycles. The minimum atomic E-state index is -0.916. The standard InChI is InChI=1S/C17H17N3OS/c1-17(13-8-4-2-5-9-13)16(21)20(15(12-22)18-17)19-14-10-6-3-7-11-14/h2-11,19,22H,12H2,1H3. The molecule has 3 rings (SSSR count). The number of thiol groups is 1. The molecule has 0 radical (unpaired) electrons. The first kappa shape index (κ1) is 14.7. The summed E-state index contributed by atoms with van der Waals surface area (Å²) in [7, 11) is 0. The van der Waals surface area contributed by atoms with Crippen molar-refractivity contribution >= 4 is 30.1 Å². The number of carbonyl (C=O) groups is 1. The molecule has 112 valence electrons. The maximum Gasteiger partial charge on any atom is 0.279 e. The van der Waals surface area contributed by atoms with Gasteiger partial charge >= 0.3 is 0 Å². The number of carbonyl (C=O) groups excluding carboxylic acids is 1. The minimum absolute atomic E-state index is 0.105. The second-order valence-electron chi connectivity index (χ2n) is 5.24. The molecule has 1 atom stereocenters. The smallest absolute Gasteiger partial charge is 0.279 e. The summed E-state index contributed by atoms with van der Waals surface area (Å²) in [5.41, 5.74) is 3.91. The Labute approximate surface area is 135 Å². The number of hydrogen-bond acceptors (Lipinski definition) is 4. The highest BCUT2D eigenvalue weighted by Gasteiger charge is 2.45. The van der Waals surface area contributed by atoms with E-state index in [1.165, 1.54) is 5.01 Å². The summed E-state index contributed by atoms with van der Waals surface area (Å²) in [6.07, 6.45) is 0. The SMILES string of the molecule is CC1(c2ccccc2)N=C(CS)N(Nc2ccccc2)C1=O. The average Bonchev–Trinajstić information content (AvgIpc) is 2.82. The van der Waals surface area contributed by atoms with E-state index in [2.05, 4.69) is 23.0 Å². The average molecular weight is 311 g/mol. The Morgan fingerprint density at radius 3 is 2.27 bits per heavy atom. The maximum atomic E-state index is 12.9. The van der Waals surface area contributed by atoms with Gasteiger partial charge in [0.15, 0.2) is 5.54 Å². The third kappa shape index (κ3) is 2.48. The predicted molar refractivity (Wildman–Crippen MR) is 92.0 cm³/mol. The highest BCUT2D eigenvalue weighted by Crippen LogP contribution is 2.33. The summed E-state index contributed by atoms with van der Waals surface area (Å²) < 4.78 is 0. The van der Waals surface area contributed by atoms with E-state index in [1.54, 1.807) is 0 Å². The third-order valence-electron chi connectivity index (χ3n) is 3.72. The van der Waals surface area contributed by atoms with Crippen molar-refractivity contribution in [1.82, 2.24) is 5.01 Å². The monoisotopic (exact) mass is 311 g/mol. The van der Waals surface area contributed by atoms with Gasteiger partial charge < -0.3 is 0 Å². The van der Waals surface area contributed by atoms with E-state index >= 15 is 0 Å². The lowest BCUT2D eigenvalue weighted by atomic mass is 9.92. The van der Waals surface area contributed by atoms with E-state index in [9.17, 15) is 4.79 Å². The van der Waals surface area contributed by atoms with Gasteiger partial charge in [0, 0.05) is 0 Å². The van der Waals surface area contributed by atoms with Gasteiger partial charge in [0.2, 0.25) is 0 Å². The lowest BCUT2D eigenvalue weighted by Crippen LogP contribution is -2.43. The zero-order chi connectivity index (χ0) is 15.6. The molecule has 0 bridgehead atoms. The Hall–Kier alpha value is -2.27. The Morgan fingerprint density at radius 1 is 1.09 bits per heavy atom. The summed E-state index contributed by atoms with van der Waals surface area (Å²) in [6.45, 7) is 1.83. The molecule has 1 unspecified atom stereocenters. The number of nitrogens with one attached hydrogen (secondary N) is 1. The van der Waals surface area contributed by atoms with Crippen molar-refractivity contribution in [2.24, 2.45) is 4.99 Å². The fraction of sp³-hybridized carbons (Fsp3) is 0.176. The van der Waals surface area contributed by atoms with Crippen LogP contribution >= 0.6 is 12.6 Å². The molecule has 5 heteroatoms. The molecule has 1 amide bonds. The predicted octanol–water partition coefficient (Wildman–Crippen LogP) is 3.10. The number of amidine groups is 1. The van der Waals surface area contributed by atoms with Gasteiger partial charge in [0.05, 0.1) is 11.4 Å². The molecule has 0 aromatic heterocycles. The van der Waals surface area contributed by atoms with Crippen molar-refractivity contribution in [2.75, 3.05) is 11.2 Å². The minimum Gasteiger partial charge on any atom is -0.290 e. The van der Waals surface area contributed by atoms with Crippen LogP contribution in [0.4, 0.5) is 5.69 Å². The first-order chi connectivity index (χ1) is 10.6. The van der Waals surface area contributed by atoms with Gasteiger partial charge in [0.25, 0.3) is 5.91 Å². The van der Waals surface area contributed by atoms with Gasteiger partial charge in [-0.1, -0.05) is 48.5 Å². The number of aliphatic imine (C=N–C) groups is 1. The number of hydrazine groups is 1. The van der Waals surface area contributed by atoms with Crippen LogP contribution in [0.15, 0.2) is 65.7 Å². The largest absolute Gasteiger partial charge is 0.290 e. The van der Waals surface area contributed by atoms with E-state index < -0.39 is 5.54 Å². The number of benzene rings is 2. The second-order valence-corrected chi connectivity index (χ2v) is 5.56. The highest BCUT2D eigenvalue weighted by atomic mass is 32.1. The molecule has 1 N–H and O–H groups in total. The summed E-state index contributed by atoms with van der Waals surface area (Å²) in [5, 5.41) is 1.50. The van der Waals surface area contributed by atoms with E-state index in [0.29, 0.717) is 11.6 Å². The van der Waals surface area contributed by atoms with Crippen LogP contribution in [0.5, 0.6) is 0 Å². The molecule has 1 heterocycles. The number of rotatable bonds is 4. The number of anilines is 1. The number of nitrogens with zero attached hydrogens (tertiary/aromatic N) is 2. The topological polar surface area (TPSA) is 44.7 Å². The van der Waals surface area contributed by atoms with Crippen LogP contribution in [0.2, 0.25) is 0 Å². The fourth-order valence-electron chi connectivity index (χ4n) is 2.50. The van der Waals surface area contributed by atoms with Crippen LogP contribution < -0.4 is 5.43 Å². The Kier molecular flexibility index (Phi) is 3.90. The van der Waals surface area contributed by atoms with Gasteiger partial charge in [-0.3, -0.25) is 10.2 Å². The van der Waals surface area contributed by atoms with Crippen molar-refractivity contribution in [2.45, 2.75) is 12.5 Å². The highest BCUT2D eigenvalue weighted by molar-refractivity contribution is 7.81. The fourth-order valence-corrected chi connectivity index (χ4v) is 2.72. The molecule has 0 spiro atoms. The summed E-state index contributed by atoms with van der Waals surface area (Å²) in [4.78, 5) is 17.5. The summed E-state index contributed by atoms with van der Waals surface area (Å²) in [5.74, 6) is 0.892. The number of para-hydroxylation sites is 1. The molecular weight excluding hydrogens is 294 g/mol. The van der Waals surface area contributed by atoms with Gasteiger partial charge in [0.1, 0.15) is 5.84 Å². The van der Waals surface area contributed by atoms with Crippen LogP contribution in [0.25, 0.3) is 0 Å². The van der Waals surface area contributed by atoms with Crippen molar-refractivity contribution in [3.63, 3.8) is 0 Å². The molecule has 2 aromatic carbocycles. The van der Waals surface area contributed by atoms with Crippen LogP contribution in [0, 0.1) is 0 Å². The van der Waals surface area contributed by atoms with Crippen LogP contribution in [0.1, 0.15) is 12.5 Å². The van der Waals surface area contributed by atoms with Gasteiger partial charge in [-0.05, 0) is 24.6 Å². The van der Waals surface area contributed by atoms with E-state index in [0.717, 1.165) is 11.3 Å². The molecule has 0 saturated heterocycles. The molecule has 22 heavy (non-hydrogen) atoms. The molecule has 1 aliphatic heterocycles. The Morgan fingerprint density at radius 2 is 1.68 bits per heavy atom. The first-order valence-corrected chi connectivity index (χ1v) is 7.70. The molecule has 0 fully saturated rings. The molecule has 1 aliphatic rings. The van der Waals surface area contributed by atoms with Crippen molar-refractivity contribution < 1.29 is 4.79 Å². The summed E-state index contributed by atoms with van der Waals surface area (Å²) >= 11 is 4.31. The van der Waals surface area contributed by atoms with Crippen molar-refractivity contribution in [3.05, 3.63) is 66.2 Å².